The molecule has 6 heteroatoms. The van der Waals surface area contributed by atoms with Crippen LogP contribution in [0.3, 0.4) is 0 Å². The van der Waals surface area contributed by atoms with Crippen molar-refractivity contribution in [3.05, 3.63) is 53.1 Å². The van der Waals surface area contributed by atoms with Gasteiger partial charge in [-0.3, -0.25) is 4.79 Å². The highest BCUT2D eigenvalue weighted by atomic mass is 35.5. The Balaban J connectivity index is 1.86. The maximum absolute atomic E-state index is 12.0. The van der Waals surface area contributed by atoms with Crippen LogP contribution in [-0.2, 0) is 4.79 Å². The zero-order valence-electron chi connectivity index (χ0n) is 13.8. The quantitative estimate of drug-likeness (QED) is 0.807. The number of nitrogens with one attached hydrogen (secondary N) is 1. The summed E-state index contributed by atoms with van der Waals surface area (Å²) < 4.78 is 5.46. The second-order valence-corrected chi connectivity index (χ2v) is 5.85. The van der Waals surface area contributed by atoms with Gasteiger partial charge >= 0.3 is 0 Å². The number of ether oxygens (including phenoxy) is 1. The summed E-state index contributed by atoms with van der Waals surface area (Å²) in [4.78, 5) is 13.9. The molecule has 1 amide bonds. The lowest BCUT2D eigenvalue weighted by Crippen LogP contribution is -2.21. The minimum Gasteiger partial charge on any atom is -0.484 e. The maximum Gasteiger partial charge on any atom is 0.262 e. The molecule has 0 bridgehead atoms. The first-order valence-corrected chi connectivity index (χ1v) is 7.98. The van der Waals surface area contributed by atoms with Crippen molar-refractivity contribution in [3.63, 3.8) is 0 Å². The zero-order valence-corrected chi connectivity index (χ0v) is 14.5. The molecule has 5 nitrogen and oxygen atoms in total. The molecule has 0 atom stereocenters. The van der Waals surface area contributed by atoms with E-state index in [4.69, 9.17) is 21.4 Å². The molecule has 0 radical (unpaired) electrons. The van der Waals surface area contributed by atoms with Crippen LogP contribution in [0.25, 0.3) is 0 Å². The second kappa shape index (κ2) is 8.57. The van der Waals surface area contributed by atoms with Gasteiger partial charge in [-0.1, -0.05) is 11.6 Å². The number of aryl methyl sites for hydroxylation is 1. The van der Waals surface area contributed by atoms with Crippen LogP contribution in [0.1, 0.15) is 5.56 Å². The third kappa shape index (κ3) is 5.15. The molecule has 0 aromatic heterocycles. The summed E-state index contributed by atoms with van der Waals surface area (Å²) >= 11 is 5.95. The minimum atomic E-state index is -0.237. The van der Waals surface area contributed by atoms with Crippen molar-refractivity contribution < 1.29 is 14.6 Å². The Bertz CT molecular complexity index is 689. The van der Waals surface area contributed by atoms with Crippen LogP contribution in [0.4, 0.5) is 11.4 Å². The standard InChI is InChI=1S/C18H21ClN2O3/c1-13-11-16(7-8-17(13)19)24-12-18(23)20-14-3-5-15(6-4-14)21(2)9-10-22/h3-8,11,22H,9-10,12H2,1-2H3,(H,20,23). The predicted molar refractivity (Wildman–Crippen MR) is 97.1 cm³/mol. The lowest BCUT2D eigenvalue weighted by atomic mass is 10.2. The van der Waals surface area contributed by atoms with E-state index in [2.05, 4.69) is 5.32 Å². The molecule has 2 N–H and O–H groups in total. The molecule has 0 saturated carbocycles. The van der Waals surface area contributed by atoms with Crippen LogP contribution >= 0.6 is 11.6 Å². The summed E-state index contributed by atoms with van der Waals surface area (Å²) in [5.41, 5.74) is 2.56. The average molecular weight is 349 g/mol. The first-order valence-electron chi connectivity index (χ1n) is 7.60. The number of rotatable bonds is 7. The van der Waals surface area contributed by atoms with E-state index in [9.17, 15) is 4.79 Å². The third-order valence-corrected chi connectivity index (χ3v) is 3.95. The Morgan fingerprint density at radius 3 is 2.58 bits per heavy atom. The Labute approximate surface area is 146 Å². The first-order chi connectivity index (χ1) is 11.5. The van der Waals surface area contributed by atoms with Crippen molar-refractivity contribution in [2.24, 2.45) is 0 Å². The molecule has 2 aromatic carbocycles. The van der Waals surface area contributed by atoms with Crippen molar-refractivity contribution in [1.29, 1.82) is 0 Å². The number of amides is 1. The summed E-state index contributed by atoms with van der Waals surface area (Å²) in [6.45, 7) is 2.45. The van der Waals surface area contributed by atoms with E-state index in [-0.39, 0.29) is 19.1 Å². The van der Waals surface area contributed by atoms with E-state index >= 15 is 0 Å². The molecule has 0 aliphatic carbocycles. The molecule has 0 unspecified atom stereocenters. The van der Waals surface area contributed by atoms with E-state index < -0.39 is 0 Å². The number of aliphatic hydroxyl groups excluding tert-OH is 1. The summed E-state index contributed by atoms with van der Waals surface area (Å²) in [6.07, 6.45) is 0. The Hall–Kier alpha value is -2.24. The van der Waals surface area contributed by atoms with Gasteiger partial charge in [0.05, 0.1) is 6.61 Å². The van der Waals surface area contributed by atoms with Crippen molar-refractivity contribution in [1.82, 2.24) is 0 Å². The average Bonchev–Trinajstić information content (AvgIpc) is 2.57. The van der Waals surface area contributed by atoms with Crippen molar-refractivity contribution in [2.75, 3.05) is 37.0 Å². The molecule has 2 rings (SSSR count). The molecular formula is C18H21ClN2O3. The molecule has 0 fully saturated rings. The molecule has 0 aliphatic rings. The summed E-state index contributed by atoms with van der Waals surface area (Å²) in [6, 6.07) is 12.7. The van der Waals surface area contributed by atoms with Gasteiger partial charge in [0, 0.05) is 30.0 Å². The number of anilines is 2. The van der Waals surface area contributed by atoms with Gasteiger partial charge in [0.15, 0.2) is 6.61 Å². The van der Waals surface area contributed by atoms with Crippen LogP contribution in [-0.4, -0.2) is 37.8 Å². The van der Waals surface area contributed by atoms with Gasteiger partial charge in [-0.05, 0) is 55.0 Å². The van der Waals surface area contributed by atoms with Gasteiger partial charge in [0.25, 0.3) is 5.91 Å². The van der Waals surface area contributed by atoms with Gasteiger partial charge in [-0.2, -0.15) is 0 Å². The number of carbonyl (C=O) groups is 1. The van der Waals surface area contributed by atoms with Crippen molar-refractivity contribution in [2.45, 2.75) is 6.92 Å². The fraction of sp³-hybridized carbons (Fsp3) is 0.278. The highest BCUT2D eigenvalue weighted by Crippen LogP contribution is 2.21. The second-order valence-electron chi connectivity index (χ2n) is 5.44. The molecule has 24 heavy (non-hydrogen) atoms. The number of benzene rings is 2. The fourth-order valence-electron chi connectivity index (χ4n) is 2.13. The van der Waals surface area contributed by atoms with Crippen LogP contribution in [0.2, 0.25) is 5.02 Å². The fourth-order valence-corrected chi connectivity index (χ4v) is 2.25. The summed E-state index contributed by atoms with van der Waals surface area (Å²) in [7, 11) is 1.89. The molecule has 0 heterocycles. The van der Waals surface area contributed by atoms with Gasteiger partial charge < -0.3 is 20.1 Å². The Morgan fingerprint density at radius 1 is 1.25 bits per heavy atom. The molecule has 0 saturated heterocycles. The van der Waals surface area contributed by atoms with E-state index in [0.717, 1.165) is 11.3 Å². The summed E-state index contributed by atoms with van der Waals surface area (Å²) in [5.74, 6) is 0.368. The minimum absolute atomic E-state index is 0.0762. The SMILES string of the molecule is Cc1cc(OCC(=O)Nc2ccc(N(C)CCO)cc2)ccc1Cl. The number of hydrogen-bond donors (Lipinski definition) is 2. The lowest BCUT2D eigenvalue weighted by Gasteiger charge is -2.18. The van der Waals surface area contributed by atoms with Crippen LogP contribution < -0.4 is 15.0 Å². The van der Waals surface area contributed by atoms with Crippen molar-refractivity contribution >= 4 is 28.9 Å². The largest absolute Gasteiger partial charge is 0.484 e. The zero-order chi connectivity index (χ0) is 17.5. The smallest absolute Gasteiger partial charge is 0.262 e. The monoisotopic (exact) mass is 348 g/mol. The molecular weight excluding hydrogens is 328 g/mol. The highest BCUT2D eigenvalue weighted by Gasteiger charge is 2.06. The molecule has 2 aromatic rings. The van der Waals surface area contributed by atoms with E-state index in [0.29, 0.717) is 23.0 Å². The summed E-state index contributed by atoms with van der Waals surface area (Å²) in [5, 5.41) is 12.4. The van der Waals surface area contributed by atoms with Gasteiger partial charge in [-0.15, -0.1) is 0 Å². The molecule has 0 spiro atoms. The van der Waals surface area contributed by atoms with Crippen LogP contribution in [0, 0.1) is 6.92 Å². The Morgan fingerprint density at radius 2 is 1.96 bits per heavy atom. The van der Waals surface area contributed by atoms with E-state index in [1.165, 1.54) is 0 Å². The normalized spacial score (nSPS) is 10.3. The number of hydrogen-bond acceptors (Lipinski definition) is 4. The number of aliphatic hydroxyl groups is 1. The van der Waals surface area contributed by atoms with Gasteiger partial charge in [0.1, 0.15) is 5.75 Å². The van der Waals surface area contributed by atoms with Crippen LogP contribution in [0.5, 0.6) is 5.75 Å². The van der Waals surface area contributed by atoms with Crippen LogP contribution in [0.15, 0.2) is 42.5 Å². The number of halogens is 1. The maximum atomic E-state index is 12.0. The Kier molecular flexibility index (Phi) is 6.46. The topological polar surface area (TPSA) is 61.8 Å². The first kappa shape index (κ1) is 18.1. The van der Waals surface area contributed by atoms with Gasteiger partial charge in [-0.25, -0.2) is 0 Å². The van der Waals surface area contributed by atoms with E-state index in [1.807, 2.05) is 43.1 Å². The highest BCUT2D eigenvalue weighted by molar-refractivity contribution is 6.31. The predicted octanol–water partition coefficient (Wildman–Crippen LogP) is 3.09. The number of nitrogens with zero attached hydrogens (tertiary/aromatic N) is 1. The lowest BCUT2D eigenvalue weighted by molar-refractivity contribution is -0.118. The number of likely N-dealkylation sites (N-methyl/N-ethyl adjacent to an activating group) is 1. The number of carbonyl (C=O) groups excluding carboxylic acids is 1. The van der Waals surface area contributed by atoms with E-state index in [1.54, 1.807) is 18.2 Å². The molecule has 128 valence electrons. The van der Waals surface area contributed by atoms with Crippen molar-refractivity contribution in [3.8, 4) is 5.75 Å². The molecule has 0 aliphatic heterocycles. The third-order valence-electron chi connectivity index (χ3n) is 3.53. The van der Waals surface area contributed by atoms with Gasteiger partial charge in [0.2, 0.25) is 0 Å².